The second kappa shape index (κ2) is 4.48. The molecule has 5 heteroatoms. The second-order valence-electron chi connectivity index (χ2n) is 7.05. The van der Waals surface area contributed by atoms with Crippen LogP contribution in [0.3, 0.4) is 0 Å². The Morgan fingerprint density at radius 1 is 1.40 bits per heavy atom. The van der Waals surface area contributed by atoms with Gasteiger partial charge in [-0.25, -0.2) is 4.98 Å². The van der Waals surface area contributed by atoms with Gasteiger partial charge < -0.3 is 10.1 Å². The zero-order valence-corrected chi connectivity index (χ0v) is 13.3. The minimum Gasteiger partial charge on any atom is -0.467 e. The van der Waals surface area contributed by atoms with Gasteiger partial charge in [-0.05, 0) is 36.0 Å². The maximum Gasteiger partial charge on any atom is 0.318 e. The fourth-order valence-electron chi connectivity index (χ4n) is 4.35. The molecule has 2 saturated carbocycles. The molecule has 1 aromatic heterocycles. The van der Waals surface area contributed by atoms with Crippen molar-refractivity contribution in [3.63, 3.8) is 0 Å². The van der Waals surface area contributed by atoms with E-state index in [4.69, 9.17) is 16.3 Å². The van der Waals surface area contributed by atoms with Crippen LogP contribution >= 0.6 is 11.6 Å². The number of rotatable bonds is 3. The molecule has 3 atom stereocenters. The molecule has 0 aliphatic heterocycles. The van der Waals surface area contributed by atoms with Crippen molar-refractivity contribution in [3.8, 4) is 6.01 Å². The quantitative estimate of drug-likeness (QED) is 0.922. The molecule has 1 N–H and O–H groups in total. The summed E-state index contributed by atoms with van der Waals surface area (Å²) in [4.78, 5) is 8.39. The van der Waals surface area contributed by atoms with Crippen LogP contribution in [-0.2, 0) is 0 Å². The van der Waals surface area contributed by atoms with E-state index in [2.05, 4.69) is 36.1 Å². The van der Waals surface area contributed by atoms with Gasteiger partial charge in [-0.3, -0.25) is 0 Å². The van der Waals surface area contributed by atoms with Crippen LogP contribution in [0.5, 0.6) is 6.01 Å². The number of aromatic nitrogens is 2. The number of nitrogens with zero attached hydrogens (tertiary/aromatic N) is 2. The van der Waals surface area contributed by atoms with Crippen molar-refractivity contribution in [1.82, 2.24) is 9.97 Å². The zero-order chi connectivity index (χ0) is 14.5. The van der Waals surface area contributed by atoms with Crippen molar-refractivity contribution in [3.05, 3.63) is 11.2 Å². The molecule has 1 aromatic rings. The lowest BCUT2D eigenvalue weighted by Gasteiger charge is -2.43. The van der Waals surface area contributed by atoms with Gasteiger partial charge >= 0.3 is 6.01 Å². The highest BCUT2D eigenvalue weighted by molar-refractivity contribution is 6.32. The highest BCUT2D eigenvalue weighted by Crippen LogP contribution is 2.63. The Labute approximate surface area is 125 Å². The molecular formula is C15H22ClN3O. The van der Waals surface area contributed by atoms with Gasteiger partial charge in [-0.15, -0.1) is 0 Å². The molecule has 2 aliphatic carbocycles. The predicted molar refractivity (Wildman–Crippen MR) is 80.2 cm³/mol. The van der Waals surface area contributed by atoms with E-state index in [-0.39, 0.29) is 5.41 Å². The molecule has 4 nitrogen and oxygen atoms in total. The Balaban J connectivity index is 1.91. The number of hydrogen-bond acceptors (Lipinski definition) is 4. The van der Waals surface area contributed by atoms with Crippen molar-refractivity contribution in [2.45, 2.75) is 46.1 Å². The Morgan fingerprint density at radius 3 is 2.75 bits per heavy atom. The minimum absolute atomic E-state index is 0.258. The first-order valence-electron chi connectivity index (χ1n) is 7.20. The van der Waals surface area contributed by atoms with Gasteiger partial charge in [0.2, 0.25) is 0 Å². The summed E-state index contributed by atoms with van der Waals surface area (Å²) >= 11 is 6.23. The van der Waals surface area contributed by atoms with Crippen LogP contribution in [0.15, 0.2) is 6.20 Å². The molecule has 1 heterocycles. The smallest absolute Gasteiger partial charge is 0.318 e. The zero-order valence-electron chi connectivity index (χ0n) is 12.5. The van der Waals surface area contributed by atoms with Crippen LogP contribution in [-0.4, -0.2) is 23.1 Å². The number of anilines is 1. The number of ether oxygens (including phenoxy) is 1. The maximum absolute atomic E-state index is 6.23. The number of fused-ring (bicyclic) bond motifs is 2. The lowest BCUT2D eigenvalue weighted by atomic mass is 9.68. The molecule has 3 unspecified atom stereocenters. The Hall–Kier alpha value is -1.03. The summed E-state index contributed by atoms with van der Waals surface area (Å²) < 4.78 is 5.09. The van der Waals surface area contributed by atoms with Crippen molar-refractivity contribution in [1.29, 1.82) is 0 Å². The van der Waals surface area contributed by atoms with Crippen LogP contribution in [0, 0.1) is 16.7 Å². The second-order valence-corrected chi connectivity index (χ2v) is 7.45. The third kappa shape index (κ3) is 1.96. The van der Waals surface area contributed by atoms with Crippen LogP contribution in [0.4, 0.5) is 5.82 Å². The first kappa shape index (κ1) is 13.9. The van der Waals surface area contributed by atoms with E-state index in [1.54, 1.807) is 13.3 Å². The summed E-state index contributed by atoms with van der Waals surface area (Å²) in [7, 11) is 1.57. The molecule has 2 fully saturated rings. The summed E-state index contributed by atoms with van der Waals surface area (Å²) in [5.41, 5.74) is 0.587. The molecule has 2 aliphatic rings. The van der Waals surface area contributed by atoms with E-state index in [9.17, 15) is 0 Å². The Kier molecular flexibility index (Phi) is 3.12. The average Bonchev–Trinajstić information content (AvgIpc) is 2.88. The number of halogens is 1. The third-order valence-corrected chi connectivity index (χ3v) is 5.73. The van der Waals surface area contributed by atoms with Gasteiger partial charge in [0, 0.05) is 6.04 Å². The largest absolute Gasteiger partial charge is 0.467 e. The monoisotopic (exact) mass is 295 g/mol. The minimum atomic E-state index is 0.258. The van der Waals surface area contributed by atoms with Crippen molar-refractivity contribution >= 4 is 17.4 Å². The Bertz CT molecular complexity index is 529. The SMILES string of the molecule is COc1ncc(Cl)c(NC2C3(C)CCC(C3)C2(C)C)n1. The van der Waals surface area contributed by atoms with E-state index in [0.717, 1.165) is 5.92 Å². The van der Waals surface area contributed by atoms with Gasteiger partial charge in [0.05, 0.1) is 13.3 Å². The summed E-state index contributed by atoms with van der Waals surface area (Å²) in [5.74, 6) is 1.47. The molecule has 0 radical (unpaired) electrons. The Morgan fingerprint density at radius 2 is 2.15 bits per heavy atom. The normalized spacial score (nSPS) is 34.2. The number of nitrogens with one attached hydrogen (secondary N) is 1. The number of hydrogen-bond donors (Lipinski definition) is 1. The van der Waals surface area contributed by atoms with Gasteiger partial charge in [-0.1, -0.05) is 32.4 Å². The van der Waals surface area contributed by atoms with E-state index < -0.39 is 0 Å². The van der Waals surface area contributed by atoms with Gasteiger partial charge in [0.25, 0.3) is 0 Å². The molecule has 0 spiro atoms. The maximum atomic E-state index is 6.23. The van der Waals surface area contributed by atoms with E-state index in [1.165, 1.54) is 19.3 Å². The lowest BCUT2D eigenvalue weighted by molar-refractivity contribution is 0.155. The van der Waals surface area contributed by atoms with E-state index >= 15 is 0 Å². The molecule has 0 aromatic carbocycles. The highest BCUT2D eigenvalue weighted by Gasteiger charge is 2.59. The molecule has 0 amide bonds. The van der Waals surface area contributed by atoms with Crippen molar-refractivity contribution in [2.75, 3.05) is 12.4 Å². The molecule has 20 heavy (non-hydrogen) atoms. The predicted octanol–water partition coefficient (Wildman–Crippen LogP) is 3.77. The highest BCUT2D eigenvalue weighted by atomic mass is 35.5. The fraction of sp³-hybridized carbons (Fsp3) is 0.733. The van der Waals surface area contributed by atoms with Crippen LogP contribution in [0.1, 0.15) is 40.0 Å². The summed E-state index contributed by atoms with van der Waals surface area (Å²) in [6.45, 7) is 7.09. The summed E-state index contributed by atoms with van der Waals surface area (Å²) in [6.07, 6.45) is 5.50. The van der Waals surface area contributed by atoms with Crippen LogP contribution in [0.25, 0.3) is 0 Å². The lowest BCUT2D eigenvalue weighted by Crippen LogP contribution is -2.46. The van der Waals surface area contributed by atoms with Crippen molar-refractivity contribution < 1.29 is 4.74 Å². The van der Waals surface area contributed by atoms with E-state index in [1.807, 2.05) is 0 Å². The standard InChI is InChI=1S/C15H22ClN3O/c1-14(2)9-5-6-15(3,7-9)12(14)18-11-10(16)8-17-13(19-11)20-4/h8-9,12H,5-7H2,1-4H3,(H,17,18,19). The average molecular weight is 296 g/mol. The summed E-state index contributed by atoms with van der Waals surface area (Å²) in [6, 6.07) is 0.730. The third-order valence-electron chi connectivity index (χ3n) is 5.46. The van der Waals surface area contributed by atoms with Crippen LogP contribution < -0.4 is 10.1 Å². The molecule has 0 saturated heterocycles. The number of methoxy groups -OCH3 is 1. The van der Waals surface area contributed by atoms with Gasteiger partial charge in [-0.2, -0.15) is 4.98 Å². The van der Waals surface area contributed by atoms with Gasteiger partial charge in [0.15, 0.2) is 5.82 Å². The van der Waals surface area contributed by atoms with Crippen molar-refractivity contribution in [2.24, 2.45) is 16.7 Å². The molecule has 2 bridgehead atoms. The van der Waals surface area contributed by atoms with Crippen LogP contribution in [0.2, 0.25) is 5.02 Å². The fourth-order valence-corrected chi connectivity index (χ4v) is 4.50. The van der Waals surface area contributed by atoms with E-state index in [0.29, 0.717) is 28.3 Å². The topological polar surface area (TPSA) is 47.0 Å². The first-order chi connectivity index (χ1) is 9.37. The summed E-state index contributed by atoms with van der Waals surface area (Å²) in [5, 5.41) is 4.13. The van der Waals surface area contributed by atoms with Gasteiger partial charge in [0.1, 0.15) is 5.02 Å². The molecular weight excluding hydrogens is 274 g/mol. The first-order valence-corrected chi connectivity index (χ1v) is 7.58. The molecule has 3 rings (SSSR count). The molecule has 110 valence electrons.